The quantitative estimate of drug-likeness (QED) is 0.470. The highest BCUT2D eigenvalue weighted by Crippen LogP contribution is 2.22. The molecule has 0 amide bonds. The maximum absolute atomic E-state index is 12.0. The molecule has 18 heavy (non-hydrogen) atoms. The minimum Gasteiger partial charge on any atom is -0.298 e. The van der Waals surface area contributed by atoms with Gasteiger partial charge in [-0.1, -0.05) is 5.92 Å². The van der Waals surface area contributed by atoms with Crippen molar-refractivity contribution in [3.63, 3.8) is 0 Å². The Hall–Kier alpha value is -1.30. The largest absolute Gasteiger partial charge is 0.298 e. The average Bonchev–Trinajstić information content (AvgIpc) is 2.33. The number of nitrogens with one attached hydrogen (secondary N) is 1. The van der Waals surface area contributed by atoms with E-state index in [-0.39, 0.29) is 10.3 Å². The van der Waals surface area contributed by atoms with Crippen LogP contribution < -0.4 is 5.32 Å². The molecule has 0 unspecified atom stereocenters. The molecule has 1 aromatic rings. The number of anilines is 1. The number of rotatable bonds is 3. The molecule has 1 fully saturated rings. The zero-order valence-electron chi connectivity index (χ0n) is 9.66. The molecular formula is C10H12N4O2S2. The molecule has 0 atom stereocenters. The Bertz CT molecular complexity index is 583. The van der Waals surface area contributed by atoms with Gasteiger partial charge in [0.05, 0.1) is 12.4 Å². The van der Waals surface area contributed by atoms with Gasteiger partial charge in [0.15, 0.2) is 10.8 Å². The van der Waals surface area contributed by atoms with Crippen molar-refractivity contribution in [2.45, 2.75) is 17.2 Å². The molecule has 96 valence electrons. The Morgan fingerprint density at radius 3 is 2.67 bits per heavy atom. The van der Waals surface area contributed by atoms with Gasteiger partial charge in [-0.2, -0.15) is 16.9 Å². The molecule has 8 heteroatoms. The lowest BCUT2D eigenvalue weighted by Gasteiger charge is -2.34. The van der Waals surface area contributed by atoms with E-state index in [0.717, 1.165) is 0 Å². The molecule has 1 aliphatic heterocycles. The summed E-state index contributed by atoms with van der Waals surface area (Å²) < 4.78 is 25.4. The third-order valence-electron chi connectivity index (χ3n) is 2.38. The van der Waals surface area contributed by atoms with Gasteiger partial charge in [0.25, 0.3) is 10.0 Å². The van der Waals surface area contributed by atoms with Crippen molar-refractivity contribution < 1.29 is 8.42 Å². The van der Waals surface area contributed by atoms with E-state index >= 15 is 0 Å². The first-order valence-corrected chi connectivity index (χ1v) is 7.17. The van der Waals surface area contributed by atoms with Gasteiger partial charge < -0.3 is 0 Å². The third-order valence-corrected chi connectivity index (χ3v) is 4.42. The first-order chi connectivity index (χ1) is 8.54. The van der Waals surface area contributed by atoms with Gasteiger partial charge in [0, 0.05) is 24.4 Å². The van der Waals surface area contributed by atoms with Gasteiger partial charge in [-0.25, -0.2) is 18.4 Å². The second kappa shape index (κ2) is 5.14. The Labute approximate surface area is 111 Å². The van der Waals surface area contributed by atoms with Crippen molar-refractivity contribution in [3.05, 3.63) is 12.4 Å². The fourth-order valence-electron chi connectivity index (χ4n) is 1.39. The molecule has 2 rings (SSSR count). The zero-order chi connectivity index (χ0) is 13.2. The van der Waals surface area contributed by atoms with Crippen LogP contribution in [0.15, 0.2) is 17.4 Å². The molecule has 0 radical (unpaired) electrons. The van der Waals surface area contributed by atoms with Crippen molar-refractivity contribution in [3.8, 4) is 12.0 Å². The minimum absolute atomic E-state index is 0.0576. The standard InChI is InChI=1S/C10H12N4O2S2/c1-2-3-11-9-4-13-10(5-12-9)18(15,16)14-6-8(17)7-14/h4-5,8,17H,6-7H2,1H3,(H,11,12). The Balaban J connectivity index is 2.15. The van der Waals surface area contributed by atoms with Gasteiger partial charge in [-0.15, -0.1) is 0 Å². The SMILES string of the molecule is CC#CNc1cnc(S(=O)(=O)N2CC(S)C2)cn1. The van der Waals surface area contributed by atoms with Crippen LogP contribution in [0.3, 0.4) is 0 Å². The fourth-order valence-corrected chi connectivity index (χ4v) is 3.39. The lowest BCUT2D eigenvalue weighted by atomic mass is 10.3. The van der Waals surface area contributed by atoms with E-state index in [0.29, 0.717) is 18.9 Å². The number of sulfonamides is 1. The van der Waals surface area contributed by atoms with Crippen molar-refractivity contribution >= 4 is 28.5 Å². The van der Waals surface area contributed by atoms with E-state index in [1.165, 1.54) is 16.7 Å². The summed E-state index contributed by atoms with van der Waals surface area (Å²) in [5.41, 5.74) is 0. The number of hydrogen-bond donors (Lipinski definition) is 2. The molecule has 0 saturated carbocycles. The lowest BCUT2D eigenvalue weighted by Crippen LogP contribution is -2.51. The van der Waals surface area contributed by atoms with Crippen LogP contribution in [0, 0.1) is 12.0 Å². The Morgan fingerprint density at radius 2 is 2.17 bits per heavy atom. The number of thiol groups is 1. The highest BCUT2D eigenvalue weighted by molar-refractivity contribution is 7.89. The van der Waals surface area contributed by atoms with Crippen LogP contribution >= 0.6 is 12.6 Å². The summed E-state index contributed by atoms with van der Waals surface area (Å²) in [6, 6.07) is 2.60. The van der Waals surface area contributed by atoms with Gasteiger partial charge in [0.1, 0.15) is 0 Å². The van der Waals surface area contributed by atoms with E-state index < -0.39 is 10.0 Å². The summed E-state index contributed by atoms with van der Waals surface area (Å²) in [4.78, 5) is 7.83. The van der Waals surface area contributed by atoms with Crippen LogP contribution in [0.2, 0.25) is 0 Å². The molecule has 0 aliphatic carbocycles. The Kier molecular flexibility index (Phi) is 3.75. The summed E-state index contributed by atoms with van der Waals surface area (Å²) in [6.07, 6.45) is 2.57. The molecular weight excluding hydrogens is 272 g/mol. The average molecular weight is 284 g/mol. The van der Waals surface area contributed by atoms with Crippen LogP contribution in [0.5, 0.6) is 0 Å². The van der Waals surface area contributed by atoms with Crippen molar-refractivity contribution in [2.75, 3.05) is 18.4 Å². The van der Waals surface area contributed by atoms with E-state index in [4.69, 9.17) is 0 Å². The maximum Gasteiger partial charge on any atom is 0.262 e. The van der Waals surface area contributed by atoms with Gasteiger partial charge in [-0.3, -0.25) is 5.32 Å². The Morgan fingerprint density at radius 1 is 1.44 bits per heavy atom. The molecule has 0 aromatic carbocycles. The third kappa shape index (κ3) is 2.58. The van der Waals surface area contributed by atoms with E-state index in [2.05, 4.69) is 39.9 Å². The summed E-state index contributed by atoms with van der Waals surface area (Å²) >= 11 is 4.18. The van der Waals surface area contributed by atoms with Crippen LogP contribution in [0.1, 0.15) is 6.92 Å². The van der Waals surface area contributed by atoms with Crippen LogP contribution in [-0.2, 0) is 10.0 Å². The topological polar surface area (TPSA) is 75.2 Å². The summed E-state index contributed by atoms with van der Waals surface area (Å²) in [5.74, 6) is 3.05. The summed E-state index contributed by atoms with van der Waals surface area (Å²) in [6.45, 7) is 2.50. The molecule has 0 bridgehead atoms. The second-order valence-electron chi connectivity index (χ2n) is 3.72. The zero-order valence-corrected chi connectivity index (χ0v) is 11.4. The molecule has 0 spiro atoms. The van der Waals surface area contributed by atoms with Gasteiger partial charge in [-0.05, 0) is 6.92 Å². The number of aromatic nitrogens is 2. The highest BCUT2D eigenvalue weighted by Gasteiger charge is 2.35. The van der Waals surface area contributed by atoms with Crippen LogP contribution in [0.25, 0.3) is 0 Å². The normalized spacial score (nSPS) is 16.6. The fraction of sp³-hybridized carbons (Fsp3) is 0.400. The van der Waals surface area contributed by atoms with Crippen LogP contribution in [-0.4, -0.2) is 41.0 Å². The molecule has 1 aliphatic rings. The van der Waals surface area contributed by atoms with Crippen molar-refractivity contribution in [1.29, 1.82) is 0 Å². The minimum atomic E-state index is -3.53. The van der Waals surface area contributed by atoms with Gasteiger partial charge >= 0.3 is 0 Å². The van der Waals surface area contributed by atoms with Crippen molar-refractivity contribution in [2.24, 2.45) is 0 Å². The lowest BCUT2D eigenvalue weighted by molar-refractivity contribution is 0.320. The smallest absolute Gasteiger partial charge is 0.262 e. The summed E-state index contributed by atoms with van der Waals surface area (Å²) in [5, 5.41) is 2.73. The molecule has 1 saturated heterocycles. The van der Waals surface area contributed by atoms with E-state index in [9.17, 15) is 8.42 Å². The monoisotopic (exact) mass is 284 g/mol. The molecule has 2 heterocycles. The molecule has 6 nitrogen and oxygen atoms in total. The molecule has 1 N–H and O–H groups in total. The highest BCUT2D eigenvalue weighted by atomic mass is 32.2. The second-order valence-corrected chi connectivity index (χ2v) is 6.33. The maximum atomic E-state index is 12.0. The molecule has 1 aromatic heterocycles. The van der Waals surface area contributed by atoms with Crippen molar-refractivity contribution in [1.82, 2.24) is 14.3 Å². The van der Waals surface area contributed by atoms with E-state index in [1.54, 1.807) is 6.92 Å². The van der Waals surface area contributed by atoms with E-state index in [1.807, 2.05) is 0 Å². The first kappa shape index (κ1) is 13.1. The number of nitrogens with zero attached hydrogens (tertiary/aromatic N) is 3. The van der Waals surface area contributed by atoms with Crippen LogP contribution in [0.4, 0.5) is 5.82 Å². The predicted octanol–water partition coefficient (Wildman–Crippen LogP) is 0.172. The predicted molar refractivity (Wildman–Crippen MR) is 70.6 cm³/mol. The summed E-state index contributed by atoms with van der Waals surface area (Å²) in [7, 11) is -3.53. The first-order valence-electron chi connectivity index (χ1n) is 5.22. The van der Waals surface area contributed by atoms with Gasteiger partial charge in [0.2, 0.25) is 0 Å². The number of hydrogen-bond acceptors (Lipinski definition) is 6.